The first-order valence-electron chi connectivity index (χ1n) is 7.64. The number of nitrogens with zero attached hydrogens (tertiary/aromatic N) is 1. The number of likely N-dealkylation sites (N-methyl/N-ethyl adjacent to an activating group) is 1. The summed E-state index contributed by atoms with van der Waals surface area (Å²) in [5, 5.41) is 0. The highest BCUT2D eigenvalue weighted by atomic mass is 35.5. The Morgan fingerprint density at radius 2 is 1.52 bits per heavy atom. The van der Waals surface area contributed by atoms with E-state index in [1.54, 1.807) is 0 Å². The van der Waals surface area contributed by atoms with Crippen LogP contribution in [0.4, 0.5) is 0 Å². The second-order valence-electron chi connectivity index (χ2n) is 6.39. The van der Waals surface area contributed by atoms with E-state index in [4.69, 9.17) is 9.47 Å². The lowest BCUT2D eigenvalue weighted by Crippen LogP contribution is -2.52. The van der Waals surface area contributed by atoms with Crippen LogP contribution >= 0.6 is 12.4 Å². The highest BCUT2D eigenvalue weighted by Gasteiger charge is 2.47. The van der Waals surface area contributed by atoms with E-state index < -0.39 is 0 Å². The fraction of sp³-hybridized carbons (Fsp3) is 0.647. The van der Waals surface area contributed by atoms with E-state index in [2.05, 4.69) is 49.3 Å². The lowest BCUT2D eigenvalue weighted by atomic mass is 9.74. The van der Waals surface area contributed by atoms with Crippen molar-refractivity contribution in [3.05, 3.63) is 35.9 Å². The molecule has 1 aromatic carbocycles. The molecule has 1 aliphatic heterocycles. The van der Waals surface area contributed by atoms with Gasteiger partial charge < -0.3 is 14.4 Å². The zero-order chi connectivity index (χ0) is 14.1. The van der Waals surface area contributed by atoms with Gasteiger partial charge >= 0.3 is 0 Å². The van der Waals surface area contributed by atoms with Crippen LogP contribution in [-0.2, 0) is 15.9 Å². The monoisotopic (exact) mass is 311 g/mol. The largest absolute Gasteiger partial charge is 0.348 e. The number of hydrogen-bond donors (Lipinski definition) is 0. The molecule has 0 unspecified atom stereocenters. The fourth-order valence-electron chi connectivity index (χ4n) is 3.64. The molecule has 1 heterocycles. The zero-order valence-electron chi connectivity index (χ0n) is 13.0. The van der Waals surface area contributed by atoms with Gasteiger partial charge in [-0.15, -0.1) is 12.4 Å². The van der Waals surface area contributed by atoms with Crippen molar-refractivity contribution < 1.29 is 9.47 Å². The molecule has 0 aromatic heterocycles. The molecule has 1 spiro atoms. The Morgan fingerprint density at radius 3 is 2.05 bits per heavy atom. The fourth-order valence-corrected chi connectivity index (χ4v) is 3.64. The van der Waals surface area contributed by atoms with Crippen LogP contribution in [0.15, 0.2) is 30.3 Å². The quantitative estimate of drug-likeness (QED) is 0.855. The third-order valence-corrected chi connectivity index (χ3v) is 5.08. The molecule has 2 aliphatic rings. The van der Waals surface area contributed by atoms with E-state index in [0.717, 1.165) is 45.3 Å². The Balaban J connectivity index is 0.00000161. The van der Waals surface area contributed by atoms with Gasteiger partial charge in [-0.1, -0.05) is 30.3 Å². The summed E-state index contributed by atoms with van der Waals surface area (Å²) in [6.45, 7) is 1.52. The second kappa shape index (κ2) is 6.66. The molecule has 118 valence electrons. The van der Waals surface area contributed by atoms with Gasteiger partial charge in [0, 0.05) is 18.4 Å². The predicted octanol–water partition coefficient (Wildman–Crippen LogP) is 3.27. The maximum Gasteiger partial charge on any atom is 0.168 e. The third-order valence-electron chi connectivity index (χ3n) is 5.08. The van der Waals surface area contributed by atoms with Crippen LogP contribution in [0.1, 0.15) is 31.2 Å². The van der Waals surface area contributed by atoms with Gasteiger partial charge in [-0.2, -0.15) is 0 Å². The molecule has 1 aromatic rings. The molecular formula is C17H26ClNO2. The van der Waals surface area contributed by atoms with Gasteiger partial charge in [0.1, 0.15) is 0 Å². The molecule has 0 amide bonds. The lowest BCUT2D eigenvalue weighted by molar-refractivity contribution is -0.192. The lowest BCUT2D eigenvalue weighted by Gasteiger charge is -2.47. The maximum atomic E-state index is 5.86. The van der Waals surface area contributed by atoms with Gasteiger partial charge in [-0.05, 0) is 38.9 Å². The van der Waals surface area contributed by atoms with Crippen molar-refractivity contribution in [2.75, 3.05) is 27.3 Å². The van der Waals surface area contributed by atoms with Crippen molar-refractivity contribution >= 4 is 12.4 Å². The molecule has 0 N–H and O–H groups in total. The number of halogens is 1. The molecule has 0 bridgehead atoms. The van der Waals surface area contributed by atoms with E-state index in [1.165, 1.54) is 5.56 Å². The molecular weight excluding hydrogens is 286 g/mol. The Kier molecular flexibility index (Phi) is 5.31. The number of rotatable bonds is 3. The van der Waals surface area contributed by atoms with E-state index in [1.807, 2.05) is 0 Å². The number of hydrogen-bond acceptors (Lipinski definition) is 3. The summed E-state index contributed by atoms with van der Waals surface area (Å²) in [4.78, 5) is 2.40. The van der Waals surface area contributed by atoms with Crippen LogP contribution in [0, 0.1) is 0 Å². The first kappa shape index (κ1) is 16.8. The standard InChI is InChI=1S/C17H25NO2.ClH/c1-18(2)16(14-15-6-4-3-5-7-15)8-10-17(11-9-16)19-12-13-20-17;/h3-7H,8-14H2,1-2H3;1H. The van der Waals surface area contributed by atoms with Crippen LogP contribution in [0.25, 0.3) is 0 Å². The van der Waals surface area contributed by atoms with Crippen LogP contribution in [0.2, 0.25) is 0 Å². The first-order chi connectivity index (χ1) is 9.64. The highest BCUT2D eigenvalue weighted by molar-refractivity contribution is 5.85. The molecule has 0 atom stereocenters. The van der Waals surface area contributed by atoms with Gasteiger partial charge in [0.2, 0.25) is 0 Å². The van der Waals surface area contributed by atoms with Gasteiger partial charge in [0.25, 0.3) is 0 Å². The van der Waals surface area contributed by atoms with Crippen molar-refractivity contribution in [3.8, 4) is 0 Å². The SMILES string of the molecule is CN(C)C1(Cc2ccccc2)CCC2(CC1)OCCO2.Cl. The zero-order valence-corrected chi connectivity index (χ0v) is 13.8. The van der Waals surface area contributed by atoms with Gasteiger partial charge in [-0.3, -0.25) is 0 Å². The predicted molar refractivity (Wildman–Crippen MR) is 86.9 cm³/mol. The molecule has 1 saturated heterocycles. The molecule has 4 heteroatoms. The van der Waals surface area contributed by atoms with Gasteiger partial charge in [0.05, 0.1) is 13.2 Å². The van der Waals surface area contributed by atoms with Crippen molar-refractivity contribution in [1.29, 1.82) is 0 Å². The molecule has 0 radical (unpaired) electrons. The Labute approximate surface area is 134 Å². The molecule has 21 heavy (non-hydrogen) atoms. The summed E-state index contributed by atoms with van der Waals surface area (Å²) in [6, 6.07) is 10.8. The maximum absolute atomic E-state index is 5.86. The van der Waals surface area contributed by atoms with E-state index in [-0.39, 0.29) is 23.7 Å². The summed E-state index contributed by atoms with van der Waals surface area (Å²) >= 11 is 0. The average Bonchev–Trinajstić information content (AvgIpc) is 2.91. The van der Waals surface area contributed by atoms with Crippen molar-refractivity contribution in [1.82, 2.24) is 4.90 Å². The van der Waals surface area contributed by atoms with E-state index >= 15 is 0 Å². The molecule has 1 saturated carbocycles. The smallest absolute Gasteiger partial charge is 0.168 e. The molecule has 3 nitrogen and oxygen atoms in total. The summed E-state index contributed by atoms with van der Waals surface area (Å²) in [6.07, 6.45) is 5.40. The number of benzene rings is 1. The molecule has 3 rings (SSSR count). The highest BCUT2D eigenvalue weighted by Crippen LogP contribution is 2.43. The second-order valence-corrected chi connectivity index (χ2v) is 6.39. The van der Waals surface area contributed by atoms with Gasteiger partial charge in [0.15, 0.2) is 5.79 Å². The third kappa shape index (κ3) is 3.42. The van der Waals surface area contributed by atoms with Crippen LogP contribution in [0.3, 0.4) is 0 Å². The first-order valence-corrected chi connectivity index (χ1v) is 7.64. The van der Waals surface area contributed by atoms with Crippen LogP contribution < -0.4 is 0 Å². The minimum absolute atomic E-state index is 0. The average molecular weight is 312 g/mol. The number of ether oxygens (including phenoxy) is 2. The molecule has 1 aliphatic carbocycles. The Hall–Kier alpha value is -0.610. The van der Waals surface area contributed by atoms with E-state index in [9.17, 15) is 0 Å². The summed E-state index contributed by atoms with van der Waals surface area (Å²) in [7, 11) is 4.41. The minimum atomic E-state index is -0.268. The Bertz CT molecular complexity index is 433. The summed E-state index contributed by atoms with van der Waals surface area (Å²) in [5.74, 6) is -0.268. The van der Waals surface area contributed by atoms with Crippen LogP contribution in [0.5, 0.6) is 0 Å². The summed E-state index contributed by atoms with van der Waals surface area (Å²) in [5.41, 5.74) is 1.66. The molecule has 2 fully saturated rings. The van der Waals surface area contributed by atoms with Crippen LogP contribution in [-0.4, -0.2) is 43.5 Å². The summed E-state index contributed by atoms with van der Waals surface area (Å²) < 4.78 is 11.7. The Morgan fingerprint density at radius 1 is 0.952 bits per heavy atom. The topological polar surface area (TPSA) is 21.7 Å². The van der Waals surface area contributed by atoms with Crippen molar-refractivity contribution in [2.45, 2.75) is 43.4 Å². The minimum Gasteiger partial charge on any atom is -0.348 e. The van der Waals surface area contributed by atoms with Crippen molar-refractivity contribution in [3.63, 3.8) is 0 Å². The van der Waals surface area contributed by atoms with E-state index in [0.29, 0.717) is 0 Å². The van der Waals surface area contributed by atoms with Gasteiger partial charge in [-0.25, -0.2) is 0 Å². The normalized spacial score (nSPS) is 23.2. The van der Waals surface area contributed by atoms with Crippen molar-refractivity contribution in [2.24, 2.45) is 0 Å².